The maximum atomic E-state index is 13.0. The van der Waals surface area contributed by atoms with Gasteiger partial charge in [-0.15, -0.1) is 0 Å². The molecule has 0 saturated carbocycles. The van der Waals surface area contributed by atoms with Crippen molar-refractivity contribution < 1.29 is 23.1 Å². The second-order valence-electron chi connectivity index (χ2n) is 10.8. The lowest BCUT2D eigenvalue weighted by atomic mass is 9.86. The number of halogens is 2. The quantitative estimate of drug-likeness (QED) is 0.171. The predicted octanol–water partition coefficient (Wildman–Crippen LogP) is 10.0. The van der Waals surface area contributed by atoms with E-state index >= 15 is 0 Å². The number of para-hydroxylation sites is 2. The van der Waals surface area contributed by atoms with Gasteiger partial charge in [0.05, 0.1) is 5.69 Å². The van der Waals surface area contributed by atoms with Crippen LogP contribution < -0.4 is 20.1 Å². The van der Waals surface area contributed by atoms with Crippen LogP contribution in [0.4, 0.5) is 17.4 Å². The third kappa shape index (κ3) is 6.49. The number of hydrogen-bond acceptors (Lipinski definition) is 8. The maximum absolute atomic E-state index is 13.0. The second-order valence-corrected chi connectivity index (χ2v) is 11.7. The van der Waals surface area contributed by atoms with E-state index in [1.54, 1.807) is 48.7 Å². The number of pyridine rings is 1. The first kappa shape index (κ1) is 29.1. The van der Waals surface area contributed by atoms with Crippen molar-refractivity contribution in [3.63, 3.8) is 0 Å². The van der Waals surface area contributed by atoms with Crippen molar-refractivity contribution in [3.8, 4) is 23.3 Å². The number of carbonyl (C=O) groups excluding carboxylic acids is 1. The van der Waals surface area contributed by atoms with Crippen LogP contribution >= 0.6 is 23.2 Å². The number of furan rings is 1. The molecule has 1 amide bonds. The molecule has 9 nitrogen and oxygen atoms in total. The molecule has 0 radical (unpaired) electrons. The first-order chi connectivity index (χ1) is 21.1. The highest BCUT2D eigenvalue weighted by atomic mass is 35.5. The van der Waals surface area contributed by atoms with Gasteiger partial charge in [0.2, 0.25) is 5.88 Å². The van der Waals surface area contributed by atoms with Gasteiger partial charge in [-0.1, -0.05) is 68.2 Å². The van der Waals surface area contributed by atoms with Crippen LogP contribution in [0.15, 0.2) is 100.0 Å². The Balaban J connectivity index is 1.20. The Morgan fingerprint density at radius 1 is 0.841 bits per heavy atom. The fourth-order valence-corrected chi connectivity index (χ4v) is 4.96. The molecule has 0 aliphatic heterocycles. The van der Waals surface area contributed by atoms with Gasteiger partial charge in [0.1, 0.15) is 22.7 Å². The van der Waals surface area contributed by atoms with Gasteiger partial charge in [-0.25, -0.2) is 4.98 Å². The molecule has 3 aromatic heterocycles. The van der Waals surface area contributed by atoms with Crippen molar-refractivity contribution in [3.05, 3.63) is 112 Å². The number of amides is 1. The molecule has 0 bridgehead atoms. The molecule has 222 valence electrons. The second kappa shape index (κ2) is 11.9. The minimum absolute atomic E-state index is 0.0275. The number of oxazole rings is 1. The minimum Gasteiger partial charge on any atom is -0.437 e. The van der Waals surface area contributed by atoms with Crippen LogP contribution in [0.2, 0.25) is 10.0 Å². The van der Waals surface area contributed by atoms with Crippen LogP contribution in [0.5, 0.6) is 23.3 Å². The highest BCUT2D eigenvalue weighted by Crippen LogP contribution is 2.37. The Morgan fingerprint density at radius 3 is 2.41 bits per heavy atom. The van der Waals surface area contributed by atoms with Crippen molar-refractivity contribution in [1.82, 2.24) is 9.97 Å². The minimum atomic E-state index is -0.505. The van der Waals surface area contributed by atoms with Crippen molar-refractivity contribution in [1.29, 1.82) is 0 Å². The molecule has 0 aliphatic rings. The van der Waals surface area contributed by atoms with Crippen molar-refractivity contribution in [2.75, 3.05) is 10.6 Å². The normalized spacial score (nSPS) is 11.4. The summed E-state index contributed by atoms with van der Waals surface area (Å²) in [5.74, 6) is 1.05. The van der Waals surface area contributed by atoms with E-state index < -0.39 is 5.91 Å². The van der Waals surface area contributed by atoms with E-state index in [0.29, 0.717) is 49.9 Å². The number of benzene rings is 3. The third-order valence-electron chi connectivity index (χ3n) is 6.44. The molecular formula is C33H26Cl2N4O5. The zero-order valence-electron chi connectivity index (χ0n) is 23.9. The fraction of sp³-hybridized carbons (Fsp3) is 0.121. The predicted molar refractivity (Wildman–Crippen MR) is 170 cm³/mol. The van der Waals surface area contributed by atoms with Crippen LogP contribution in [0, 0.1) is 0 Å². The van der Waals surface area contributed by atoms with Crippen LogP contribution in [0.3, 0.4) is 0 Å². The van der Waals surface area contributed by atoms with Crippen LogP contribution in [-0.4, -0.2) is 15.9 Å². The fourth-order valence-electron chi connectivity index (χ4n) is 4.45. The van der Waals surface area contributed by atoms with Gasteiger partial charge in [0.15, 0.2) is 11.3 Å². The highest BCUT2D eigenvalue weighted by Gasteiger charge is 2.21. The average molecular weight is 630 g/mol. The Bertz CT molecular complexity index is 1960. The summed E-state index contributed by atoms with van der Waals surface area (Å²) in [6.07, 6.45) is 1.65. The number of anilines is 3. The molecule has 3 aromatic carbocycles. The van der Waals surface area contributed by atoms with E-state index in [9.17, 15) is 4.79 Å². The van der Waals surface area contributed by atoms with Crippen LogP contribution in [-0.2, 0) is 5.41 Å². The number of nitrogens with one attached hydrogen (secondary N) is 2. The lowest BCUT2D eigenvalue weighted by Gasteiger charge is -2.22. The molecule has 0 atom stereocenters. The van der Waals surface area contributed by atoms with Gasteiger partial charge in [-0.2, -0.15) is 4.98 Å². The van der Waals surface area contributed by atoms with Gasteiger partial charge < -0.3 is 28.9 Å². The standard InChI is InChI=1S/C33H26Cl2N4O5/c1-33(2,3)22-8-4-5-11-25(22)43-31-24(10-7-15-36-31)38-32-39-29-23(9-6-12-26(29)44-32)37-30(40)27-13-14-28(42-27)41-21-17-19(34)16-20(35)18-21/h4-18H,1-3H3,(H,37,40)(H,38,39). The van der Waals surface area contributed by atoms with E-state index in [2.05, 4.69) is 41.4 Å². The number of aromatic nitrogens is 2. The summed E-state index contributed by atoms with van der Waals surface area (Å²) in [6.45, 7) is 6.37. The zero-order chi connectivity index (χ0) is 30.8. The molecule has 11 heteroatoms. The molecule has 0 fully saturated rings. The van der Waals surface area contributed by atoms with Gasteiger partial charge in [-0.3, -0.25) is 4.79 Å². The maximum Gasteiger partial charge on any atom is 0.300 e. The van der Waals surface area contributed by atoms with E-state index in [1.165, 1.54) is 12.1 Å². The molecule has 44 heavy (non-hydrogen) atoms. The molecule has 0 saturated heterocycles. The van der Waals surface area contributed by atoms with Crippen molar-refractivity contribution in [2.24, 2.45) is 0 Å². The van der Waals surface area contributed by atoms with Crippen LogP contribution in [0.1, 0.15) is 36.9 Å². The monoisotopic (exact) mass is 628 g/mol. The lowest BCUT2D eigenvalue weighted by Crippen LogP contribution is -2.12. The Morgan fingerprint density at radius 2 is 1.61 bits per heavy atom. The van der Waals surface area contributed by atoms with Crippen molar-refractivity contribution in [2.45, 2.75) is 26.2 Å². The molecule has 0 unspecified atom stereocenters. The third-order valence-corrected chi connectivity index (χ3v) is 6.88. The number of hydrogen-bond donors (Lipinski definition) is 2. The number of nitrogens with zero attached hydrogens (tertiary/aromatic N) is 2. The molecule has 0 spiro atoms. The Labute approximate surface area is 262 Å². The molecule has 6 aromatic rings. The average Bonchev–Trinajstić information content (AvgIpc) is 3.61. The molecule has 3 heterocycles. The summed E-state index contributed by atoms with van der Waals surface area (Å²) < 4.78 is 23.5. The molecule has 2 N–H and O–H groups in total. The first-order valence-electron chi connectivity index (χ1n) is 13.6. The van der Waals surface area contributed by atoms with E-state index in [1.807, 2.05) is 30.3 Å². The molecule has 6 rings (SSSR count). The largest absolute Gasteiger partial charge is 0.437 e. The Kier molecular flexibility index (Phi) is 7.90. The van der Waals surface area contributed by atoms with Gasteiger partial charge >= 0.3 is 0 Å². The molecular weight excluding hydrogens is 603 g/mol. The number of fused-ring (bicyclic) bond motifs is 1. The van der Waals surface area contributed by atoms with Gasteiger partial charge in [-0.05, 0) is 60.0 Å². The Hall–Kier alpha value is -4.99. The summed E-state index contributed by atoms with van der Waals surface area (Å²) >= 11 is 12.1. The molecule has 0 aliphatic carbocycles. The zero-order valence-corrected chi connectivity index (χ0v) is 25.4. The smallest absolute Gasteiger partial charge is 0.300 e. The van der Waals surface area contributed by atoms with Crippen LogP contribution in [0.25, 0.3) is 11.1 Å². The topological polar surface area (TPSA) is 112 Å². The summed E-state index contributed by atoms with van der Waals surface area (Å²) in [5.41, 5.74) is 2.78. The number of ether oxygens (including phenoxy) is 2. The summed E-state index contributed by atoms with van der Waals surface area (Å²) in [5, 5.41) is 6.79. The summed E-state index contributed by atoms with van der Waals surface area (Å²) in [6, 6.07) is 24.6. The SMILES string of the molecule is CC(C)(C)c1ccccc1Oc1ncccc1Nc1nc2c(NC(=O)c3ccc(Oc4cc(Cl)cc(Cl)c4)o3)cccc2o1. The summed E-state index contributed by atoms with van der Waals surface area (Å²) in [7, 11) is 0. The van der Waals surface area contributed by atoms with Gasteiger partial charge in [0, 0.05) is 27.9 Å². The number of carbonyl (C=O) groups is 1. The summed E-state index contributed by atoms with van der Waals surface area (Å²) in [4.78, 5) is 22.1. The lowest BCUT2D eigenvalue weighted by molar-refractivity contribution is 0.0992. The highest BCUT2D eigenvalue weighted by molar-refractivity contribution is 6.34. The van der Waals surface area contributed by atoms with E-state index in [0.717, 1.165) is 5.56 Å². The van der Waals surface area contributed by atoms with E-state index in [-0.39, 0.29) is 23.1 Å². The first-order valence-corrected chi connectivity index (χ1v) is 14.3. The number of rotatable bonds is 8. The van der Waals surface area contributed by atoms with Gasteiger partial charge in [0.25, 0.3) is 17.9 Å². The van der Waals surface area contributed by atoms with E-state index in [4.69, 9.17) is 41.5 Å². The van der Waals surface area contributed by atoms with Crippen molar-refractivity contribution >= 4 is 57.6 Å².